The fourth-order valence-corrected chi connectivity index (χ4v) is 2.35. The summed E-state index contributed by atoms with van der Waals surface area (Å²) < 4.78 is 35.6. The minimum atomic E-state index is -3.36. The molecule has 0 heterocycles. The molecule has 1 rings (SSSR count). The van der Waals surface area contributed by atoms with Crippen LogP contribution in [-0.2, 0) is 14.6 Å². The summed E-state index contributed by atoms with van der Waals surface area (Å²) in [4.78, 5) is 10.00. The Kier molecular flexibility index (Phi) is 8.27. The van der Waals surface area contributed by atoms with E-state index in [2.05, 4.69) is 5.32 Å². The lowest BCUT2D eigenvalue weighted by Crippen LogP contribution is -2.43. The van der Waals surface area contributed by atoms with E-state index in [1.54, 1.807) is 0 Å². The first-order valence-electron chi connectivity index (χ1n) is 5.79. The predicted octanol–water partition coefficient (Wildman–Crippen LogP) is 1.54. The van der Waals surface area contributed by atoms with Crippen LogP contribution in [0.4, 0.5) is 4.39 Å². The zero-order valence-electron chi connectivity index (χ0n) is 11.7. The van der Waals surface area contributed by atoms with Gasteiger partial charge in [0, 0.05) is 6.26 Å². The van der Waals surface area contributed by atoms with Crippen molar-refractivity contribution in [3.63, 3.8) is 0 Å². The first-order chi connectivity index (χ1) is 9.66. The van der Waals surface area contributed by atoms with Crippen molar-refractivity contribution in [3.05, 3.63) is 29.8 Å². The summed E-state index contributed by atoms with van der Waals surface area (Å²) in [5.74, 6) is -0.826. The molecule has 6 nitrogen and oxygen atoms in total. The first-order valence-corrected chi connectivity index (χ1v) is 8.55. The SMILES string of the molecule is CS(=O)(=O)c1ccc([C@@H](O)[C@@H](CF)NC(=O)C(Cl)Cl)cc1.N. The molecule has 0 aliphatic heterocycles. The molecule has 0 aliphatic carbocycles. The second-order valence-electron chi connectivity index (χ2n) is 4.36. The molecule has 0 unspecified atom stereocenters. The van der Waals surface area contributed by atoms with Crippen LogP contribution < -0.4 is 11.5 Å². The van der Waals surface area contributed by atoms with Gasteiger partial charge in [0.15, 0.2) is 14.7 Å². The van der Waals surface area contributed by atoms with E-state index in [0.29, 0.717) is 0 Å². The number of carbonyl (C=O) groups excluding carboxylic acids is 1. The number of carbonyl (C=O) groups is 1. The second kappa shape index (κ2) is 8.64. The maximum absolute atomic E-state index is 12.9. The molecule has 22 heavy (non-hydrogen) atoms. The van der Waals surface area contributed by atoms with Crippen molar-refractivity contribution in [2.75, 3.05) is 12.9 Å². The molecule has 2 atom stereocenters. The molecule has 1 aromatic carbocycles. The predicted molar refractivity (Wildman–Crippen MR) is 82.9 cm³/mol. The van der Waals surface area contributed by atoms with Crippen molar-refractivity contribution in [1.29, 1.82) is 0 Å². The molecular formula is C12H17Cl2FN2O4S. The topological polar surface area (TPSA) is 118 Å². The van der Waals surface area contributed by atoms with E-state index in [0.717, 1.165) is 6.26 Å². The van der Waals surface area contributed by atoms with Gasteiger partial charge < -0.3 is 16.6 Å². The van der Waals surface area contributed by atoms with E-state index >= 15 is 0 Å². The monoisotopic (exact) mass is 374 g/mol. The number of alkyl halides is 3. The van der Waals surface area contributed by atoms with Gasteiger partial charge in [-0.2, -0.15) is 0 Å². The first kappa shape index (κ1) is 21.1. The van der Waals surface area contributed by atoms with Crippen LogP contribution in [0, 0.1) is 0 Å². The number of hydrogen-bond donors (Lipinski definition) is 3. The van der Waals surface area contributed by atoms with E-state index in [-0.39, 0.29) is 16.6 Å². The molecule has 1 amide bonds. The number of sulfone groups is 1. The van der Waals surface area contributed by atoms with E-state index in [1.165, 1.54) is 24.3 Å². The van der Waals surface area contributed by atoms with Crippen LogP contribution in [0.1, 0.15) is 11.7 Å². The van der Waals surface area contributed by atoms with Gasteiger partial charge in [-0.1, -0.05) is 35.3 Å². The molecule has 0 bridgehead atoms. The highest BCUT2D eigenvalue weighted by Gasteiger charge is 2.25. The molecule has 0 saturated carbocycles. The standard InChI is InChI=1S/C12H14Cl2FNO4S.H3N/c1-21(19,20)8-4-2-7(3-5-8)10(17)9(6-15)16-12(18)11(13)14;/h2-5,9-11,17H,6H2,1H3,(H,16,18);1H3/t9-,10-;/m1./s1. The summed E-state index contributed by atoms with van der Waals surface area (Å²) in [5, 5.41) is 12.2. The van der Waals surface area contributed by atoms with Crippen molar-refractivity contribution in [1.82, 2.24) is 11.5 Å². The zero-order valence-corrected chi connectivity index (χ0v) is 14.0. The molecule has 5 N–H and O–H groups in total. The van der Waals surface area contributed by atoms with Crippen LogP contribution in [0.2, 0.25) is 0 Å². The smallest absolute Gasteiger partial charge is 0.253 e. The van der Waals surface area contributed by atoms with Gasteiger partial charge in [0.1, 0.15) is 12.8 Å². The Hall–Kier alpha value is -0.930. The Morgan fingerprint density at radius 2 is 1.82 bits per heavy atom. The molecule has 0 aromatic heterocycles. The van der Waals surface area contributed by atoms with Gasteiger partial charge in [-0.15, -0.1) is 0 Å². The molecule has 1 aromatic rings. The number of halogens is 3. The quantitative estimate of drug-likeness (QED) is 0.652. The third-order valence-electron chi connectivity index (χ3n) is 2.72. The molecule has 126 valence electrons. The van der Waals surface area contributed by atoms with E-state index < -0.39 is 39.4 Å². The average Bonchev–Trinajstić information content (AvgIpc) is 2.42. The molecule has 0 spiro atoms. The number of aliphatic hydroxyl groups is 1. The number of benzene rings is 1. The number of aliphatic hydroxyl groups excluding tert-OH is 1. The van der Waals surface area contributed by atoms with Crippen molar-refractivity contribution in [2.45, 2.75) is 21.9 Å². The third-order valence-corrected chi connectivity index (χ3v) is 4.25. The van der Waals surface area contributed by atoms with Gasteiger partial charge in [0.2, 0.25) is 0 Å². The highest BCUT2D eigenvalue weighted by atomic mass is 35.5. The largest absolute Gasteiger partial charge is 0.386 e. The van der Waals surface area contributed by atoms with Crippen molar-refractivity contribution >= 4 is 38.9 Å². The highest BCUT2D eigenvalue weighted by Crippen LogP contribution is 2.20. The second-order valence-corrected chi connectivity index (χ2v) is 7.47. The van der Waals surface area contributed by atoms with Gasteiger partial charge >= 0.3 is 0 Å². The molecule has 0 fully saturated rings. The summed E-state index contributed by atoms with van der Waals surface area (Å²) in [6.07, 6.45) is -0.316. The van der Waals surface area contributed by atoms with Gasteiger partial charge in [-0.25, -0.2) is 12.8 Å². The minimum absolute atomic E-state index is 0. The summed E-state index contributed by atoms with van der Waals surface area (Å²) in [6, 6.07) is 4.03. The Balaban J connectivity index is 0.00000441. The van der Waals surface area contributed by atoms with Gasteiger partial charge in [-0.05, 0) is 17.7 Å². The molecule has 0 saturated heterocycles. The molecule has 0 aliphatic rings. The lowest BCUT2D eigenvalue weighted by Gasteiger charge is -2.22. The summed E-state index contributed by atoms with van der Waals surface area (Å²) in [6.45, 7) is -1.04. The average molecular weight is 375 g/mol. The summed E-state index contributed by atoms with van der Waals surface area (Å²) >= 11 is 10.7. The fraction of sp³-hybridized carbons (Fsp3) is 0.417. The van der Waals surface area contributed by atoms with Gasteiger partial charge in [0.25, 0.3) is 5.91 Å². The highest BCUT2D eigenvalue weighted by molar-refractivity contribution is 7.90. The Labute approximate surface area is 138 Å². The van der Waals surface area contributed by atoms with Crippen molar-refractivity contribution in [3.8, 4) is 0 Å². The zero-order chi connectivity index (χ0) is 16.2. The number of amides is 1. The fourth-order valence-electron chi connectivity index (χ4n) is 1.59. The number of rotatable bonds is 6. The maximum Gasteiger partial charge on any atom is 0.253 e. The van der Waals surface area contributed by atoms with E-state index in [9.17, 15) is 22.7 Å². The minimum Gasteiger partial charge on any atom is -0.386 e. The van der Waals surface area contributed by atoms with Crippen LogP contribution in [-0.4, -0.2) is 43.2 Å². The third kappa shape index (κ3) is 5.69. The van der Waals surface area contributed by atoms with Crippen molar-refractivity contribution < 1.29 is 22.7 Å². The van der Waals surface area contributed by atoms with Crippen molar-refractivity contribution in [2.24, 2.45) is 0 Å². The van der Waals surface area contributed by atoms with Crippen LogP contribution in [0.5, 0.6) is 0 Å². The normalized spacial score (nSPS) is 14.1. The van der Waals surface area contributed by atoms with Crippen LogP contribution in [0.3, 0.4) is 0 Å². The Bertz CT molecular complexity index is 596. The molecule has 0 radical (unpaired) electrons. The number of hydrogen-bond acceptors (Lipinski definition) is 5. The van der Waals surface area contributed by atoms with Crippen LogP contribution in [0.15, 0.2) is 29.2 Å². The lowest BCUT2D eigenvalue weighted by atomic mass is 10.0. The summed E-state index contributed by atoms with van der Waals surface area (Å²) in [5.41, 5.74) is 0.256. The van der Waals surface area contributed by atoms with Crippen LogP contribution >= 0.6 is 23.2 Å². The molecule has 10 heteroatoms. The Morgan fingerprint density at radius 1 is 1.32 bits per heavy atom. The van der Waals surface area contributed by atoms with E-state index in [1.807, 2.05) is 0 Å². The molecular weight excluding hydrogens is 358 g/mol. The van der Waals surface area contributed by atoms with Gasteiger partial charge in [0.05, 0.1) is 10.9 Å². The number of nitrogens with one attached hydrogen (secondary N) is 1. The van der Waals surface area contributed by atoms with Gasteiger partial charge in [-0.3, -0.25) is 4.79 Å². The summed E-state index contributed by atoms with van der Waals surface area (Å²) in [7, 11) is -3.36. The van der Waals surface area contributed by atoms with E-state index in [4.69, 9.17) is 23.2 Å². The maximum atomic E-state index is 12.9. The lowest BCUT2D eigenvalue weighted by molar-refractivity contribution is -0.121. The Morgan fingerprint density at radius 3 is 2.18 bits per heavy atom. The van der Waals surface area contributed by atoms with Crippen LogP contribution in [0.25, 0.3) is 0 Å².